The Labute approximate surface area is 187 Å². The Bertz CT molecular complexity index is 1260. The summed E-state index contributed by atoms with van der Waals surface area (Å²) in [4.78, 5) is 24.4. The van der Waals surface area contributed by atoms with E-state index in [-0.39, 0.29) is 23.8 Å². The number of esters is 1. The van der Waals surface area contributed by atoms with Gasteiger partial charge in [-0.15, -0.1) is 0 Å². The van der Waals surface area contributed by atoms with E-state index in [0.29, 0.717) is 5.75 Å². The minimum atomic E-state index is -4.02. The first-order valence-corrected chi connectivity index (χ1v) is 11.7. The molecule has 0 fully saturated rings. The lowest BCUT2D eigenvalue weighted by atomic mass is 9.88. The molecule has 4 rings (SSSR count). The van der Waals surface area contributed by atoms with Crippen LogP contribution in [0.25, 0.3) is 0 Å². The van der Waals surface area contributed by atoms with Crippen molar-refractivity contribution in [2.75, 3.05) is 6.54 Å². The second kappa shape index (κ2) is 8.59. The minimum absolute atomic E-state index is 0.00327. The molecule has 0 spiro atoms. The van der Waals surface area contributed by atoms with E-state index in [9.17, 15) is 18.0 Å². The molecule has 0 radical (unpaired) electrons. The summed E-state index contributed by atoms with van der Waals surface area (Å²) in [6.45, 7) is 3.19. The van der Waals surface area contributed by atoms with Crippen molar-refractivity contribution in [2.24, 2.45) is 0 Å². The predicted molar refractivity (Wildman–Crippen MR) is 120 cm³/mol. The maximum absolute atomic E-state index is 13.4. The van der Waals surface area contributed by atoms with Gasteiger partial charge in [0.2, 0.25) is 5.91 Å². The maximum Gasteiger partial charge on any atom is 0.308 e. The molecule has 32 heavy (non-hydrogen) atoms. The number of carbonyl (C=O) groups excluding carboxylic acids is 2. The second-order valence-corrected chi connectivity index (χ2v) is 9.70. The molecule has 0 saturated carbocycles. The van der Waals surface area contributed by atoms with Crippen LogP contribution in [-0.2, 0) is 26.0 Å². The minimum Gasteiger partial charge on any atom is -0.427 e. The molecule has 1 aliphatic rings. The summed E-state index contributed by atoms with van der Waals surface area (Å²) in [6, 6.07) is 20.9. The molecule has 3 aromatic rings. The molecule has 1 amide bonds. The SMILES string of the molecule is CC(=O)Oc1ccc(C2CN(S(=O)(=O)c3ccc(C)cc3)C(=O)Cc3ccccc32)cc1. The van der Waals surface area contributed by atoms with Gasteiger partial charge in [-0.1, -0.05) is 54.1 Å². The van der Waals surface area contributed by atoms with Crippen molar-refractivity contribution in [3.8, 4) is 5.75 Å². The van der Waals surface area contributed by atoms with Crippen LogP contribution < -0.4 is 4.74 Å². The zero-order valence-electron chi connectivity index (χ0n) is 17.8. The van der Waals surface area contributed by atoms with Gasteiger partial charge in [0, 0.05) is 19.4 Å². The normalized spacial score (nSPS) is 16.2. The van der Waals surface area contributed by atoms with Crippen LogP contribution in [0.2, 0.25) is 0 Å². The number of aryl methyl sites for hydroxylation is 1. The lowest BCUT2D eigenvalue weighted by Gasteiger charge is -2.25. The maximum atomic E-state index is 13.4. The Kier molecular flexibility index (Phi) is 5.84. The molecule has 1 aliphatic heterocycles. The molecule has 164 valence electrons. The van der Waals surface area contributed by atoms with Crippen LogP contribution in [0.4, 0.5) is 0 Å². The van der Waals surface area contributed by atoms with E-state index < -0.39 is 21.9 Å². The van der Waals surface area contributed by atoms with Crippen LogP contribution >= 0.6 is 0 Å². The van der Waals surface area contributed by atoms with E-state index in [0.717, 1.165) is 26.6 Å². The van der Waals surface area contributed by atoms with Crippen molar-refractivity contribution in [1.82, 2.24) is 4.31 Å². The zero-order valence-corrected chi connectivity index (χ0v) is 18.6. The van der Waals surface area contributed by atoms with Crippen molar-refractivity contribution in [2.45, 2.75) is 31.1 Å². The second-order valence-electron chi connectivity index (χ2n) is 7.83. The highest BCUT2D eigenvalue weighted by molar-refractivity contribution is 7.89. The van der Waals surface area contributed by atoms with Crippen LogP contribution in [0.15, 0.2) is 77.7 Å². The summed E-state index contributed by atoms with van der Waals surface area (Å²) < 4.78 is 32.9. The van der Waals surface area contributed by atoms with Crippen molar-refractivity contribution in [3.63, 3.8) is 0 Å². The zero-order chi connectivity index (χ0) is 22.9. The van der Waals surface area contributed by atoms with E-state index in [1.165, 1.54) is 19.1 Å². The van der Waals surface area contributed by atoms with Gasteiger partial charge >= 0.3 is 5.97 Å². The van der Waals surface area contributed by atoms with Crippen molar-refractivity contribution < 1.29 is 22.7 Å². The molecule has 7 heteroatoms. The molecule has 0 aliphatic carbocycles. The number of amides is 1. The van der Waals surface area contributed by atoms with E-state index in [2.05, 4.69) is 0 Å². The fourth-order valence-electron chi connectivity index (χ4n) is 3.94. The monoisotopic (exact) mass is 449 g/mol. The molecular weight excluding hydrogens is 426 g/mol. The highest BCUT2D eigenvalue weighted by Crippen LogP contribution is 2.34. The molecule has 0 saturated heterocycles. The fourth-order valence-corrected chi connectivity index (χ4v) is 5.35. The van der Waals surface area contributed by atoms with Gasteiger partial charge in [0.05, 0.1) is 11.3 Å². The summed E-state index contributed by atoms with van der Waals surface area (Å²) in [5.41, 5.74) is 3.47. The number of hydrogen-bond donors (Lipinski definition) is 0. The average Bonchev–Trinajstić information content (AvgIpc) is 2.90. The number of rotatable bonds is 4. The van der Waals surface area contributed by atoms with Crippen molar-refractivity contribution in [3.05, 3.63) is 95.1 Å². The van der Waals surface area contributed by atoms with Gasteiger partial charge in [0.25, 0.3) is 10.0 Å². The largest absolute Gasteiger partial charge is 0.427 e. The lowest BCUT2D eigenvalue weighted by molar-refractivity contribution is -0.132. The molecule has 0 N–H and O–H groups in total. The Balaban J connectivity index is 1.77. The molecule has 1 atom stereocenters. The van der Waals surface area contributed by atoms with Gasteiger partial charge in [-0.25, -0.2) is 12.7 Å². The number of nitrogens with zero attached hydrogens (tertiary/aromatic N) is 1. The first-order chi connectivity index (χ1) is 15.3. The smallest absolute Gasteiger partial charge is 0.308 e. The van der Waals surface area contributed by atoms with Crippen molar-refractivity contribution in [1.29, 1.82) is 0 Å². The van der Waals surface area contributed by atoms with Gasteiger partial charge in [0.15, 0.2) is 0 Å². The average molecular weight is 450 g/mol. The number of sulfonamides is 1. The van der Waals surface area contributed by atoms with Crippen molar-refractivity contribution >= 4 is 21.9 Å². The first-order valence-electron chi connectivity index (χ1n) is 10.2. The quantitative estimate of drug-likeness (QED) is 0.447. The number of ether oxygens (including phenoxy) is 1. The third kappa shape index (κ3) is 4.29. The standard InChI is InChI=1S/C25H23NO5S/c1-17-7-13-22(14-8-17)32(29,30)26-16-24(19-9-11-21(12-10-19)31-18(2)27)23-6-4-3-5-20(23)15-25(26)28/h3-14,24H,15-16H2,1-2H3. The Morgan fingerprint density at radius 3 is 2.28 bits per heavy atom. The third-order valence-electron chi connectivity index (χ3n) is 5.55. The highest BCUT2D eigenvalue weighted by atomic mass is 32.2. The number of carbonyl (C=O) groups is 2. The first kappa shape index (κ1) is 21.8. The molecular formula is C25H23NO5S. The van der Waals surface area contributed by atoms with Gasteiger partial charge in [-0.2, -0.15) is 0 Å². The molecule has 6 nitrogen and oxygen atoms in total. The number of fused-ring (bicyclic) bond motifs is 1. The van der Waals surface area contributed by atoms with Crippen LogP contribution in [-0.4, -0.2) is 31.1 Å². The van der Waals surface area contributed by atoms with Crippen LogP contribution in [0.3, 0.4) is 0 Å². The summed E-state index contributed by atoms with van der Waals surface area (Å²) in [5.74, 6) is -0.830. The topological polar surface area (TPSA) is 80.8 Å². The molecule has 1 heterocycles. The van der Waals surface area contributed by atoms with Gasteiger partial charge in [-0.3, -0.25) is 9.59 Å². The predicted octanol–water partition coefficient (Wildman–Crippen LogP) is 3.83. The Morgan fingerprint density at radius 1 is 0.969 bits per heavy atom. The Morgan fingerprint density at radius 2 is 1.62 bits per heavy atom. The summed E-state index contributed by atoms with van der Waals surface area (Å²) >= 11 is 0. The molecule has 1 unspecified atom stereocenters. The van der Waals surface area contributed by atoms with Gasteiger partial charge in [-0.05, 0) is 47.9 Å². The Hall–Kier alpha value is -3.45. The van der Waals surface area contributed by atoms with Gasteiger partial charge < -0.3 is 4.74 Å². The van der Waals surface area contributed by atoms with Crippen LogP contribution in [0.1, 0.15) is 35.1 Å². The number of hydrogen-bond acceptors (Lipinski definition) is 5. The van der Waals surface area contributed by atoms with Crippen LogP contribution in [0.5, 0.6) is 5.75 Å². The summed E-state index contributed by atoms with van der Waals surface area (Å²) in [5, 5.41) is 0. The number of benzene rings is 3. The van der Waals surface area contributed by atoms with E-state index >= 15 is 0 Å². The highest BCUT2D eigenvalue weighted by Gasteiger charge is 2.36. The third-order valence-corrected chi connectivity index (χ3v) is 7.35. The van der Waals surface area contributed by atoms with Gasteiger partial charge in [0.1, 0.15) is 5.75 Å². The summed E-state index contributed by atoms with van der Waals surface area (Å²) in [6.07, 6.45) is 0.00327. The fraction of sp³-hybridized carbons (Fsp3) is 0.200. The van der Waals surface area contributed by atoms with E-state index in [1.54, 1.807) is 36.4 Å². The lowest BCUT2D eigenvalue weighted by Crippen LogP contribution is -2.39. The van der Waals surface area contributed by atoms with E-state index in [4.69, 9.17) is 4.74 Å². The molecule has 0 aromatic heterocycles. The van der Waals surface area contributed by atoms with Crippen LogP contribution in [0, 0.1) is 6.92 Å². The van der Waals surface area contributed by atoms with E-state index in [1.807, 2.05) is 31.2 Å². The molecule has 0 bridgehead atoms. The molecule has 3 aromatic carbocycles. The summed E-state index contributed by atoms with van der Waals surface area (Å²) in [7, 11) is -4.02.